The molecule has 122 valence electrons. The van der Waals surface area contributed by atoms with Gasteiger partial charge in [0, 0.05) is 15.1 Å². The number of nitrogens with two attached hydrogens (primary N) is 1. The van der Waals surface area contributed by atoms with E-state index in [0.717, 1.165) is 10.0 Å². The van der Waals surface area contributed by atoms with Gasteiger partial charge in [0.2, 0.25) is 0 Å². The summed E-state index contributed by atoms with van der Waals surface area (Å²) in [6.07, 6.45) is 0. The third-order valence-electron chi connectivity index (χ3n) is 3.29. The fourth-order valence-electron chi connectivity index (χ4n) is 2.15. The summed E-state index contributed by atoms with van der Waals surface area (Å²) in [6, 6.07) is 12.8. The van der Waals surface area contributed by atoms with Crippen LogP contribution in [0.4, 0.5) is 0 Å². The predicted molar refractivity (Wildman–Crippen MR) is 93.8 cm³/mol. The van der Waals surface area contributed by atoms with Crippen LogP contribution < -0.4 is 10.5 Å². The van der Waals surface area contributed by atoms with Gasteiger partial charge in [0.05, 0.1) is 0 Å². The highest BCUT2D eigenvalue weighted by Gasteiger charge is 2.19. The van der Waals surface area contributed by atoms with Gasteiger partial charge in [-0.15, -0.1) is 0 Å². The Kier molecular flexibility index (Phi) is 4.82. The van der Waals surface area contributed by atoms with Gasteiger partial charge in [0.15, 0.2) is 5.69 Å². The van der Waals surface area contributed by atoms with E-state index in [9.17, 15) is 4.79 Å². The molecule has 3 aromatic rings. The normalized spacial score (nSPS) is 10.6. The number of aromatic amines is 1. The molecule has 6 nitrogen and oxygen atoms in total. The van der Waals surface area contributed by atoms with Crippen molar-refractivity contribution >= 4 is 33.4 Å². The predicted octanol–water partition coefficient (Wildman–Crippen LogP) is 3.57. The van der Waals surface area contributed by atoms with E-state index < -0.39 is 5.91 Å². The number of aromatic nitrogens is 3. The Labute approximate surface area is 151 Å². The Bertz CT molecular complexity index is 880. The third-order valence-corrected chi connectivity index (χ3v) is 4.03. The van der Waals surface area contributed by atoms with Crippen molar-refractivity contribution in [2.75, 3.05) is 0 Å². The number of ether oxygens (including phenoxy) is 1. The molecule has 0 aliphatic heterocycles. The van der Waals surface area contributed by atoms with Crippen molar-refractivity contribution in [2.45, 2.75) is 6.61 Å². The molecule has 0 aliphatic rings. The van der Waals surface area contributed by atoms with E-state index in [-0.39, 0.29) is 5.69 Å². The van der Waals surface area contributed by atoms with Gasteiger partial charge >= 0.3 is 0 Å². The number of nitrogens with one attached hydrogen (secondary N) is 1. The number of primary amides is 1. The molecule has 0 aliphatic carbocycles. The molecule has 24 heavy (non-hydrogen) atoms. The van der Waals surface area contributed by atoms with Crippen LogP contribution in [0.15, 0.2) is 46.9 Å². The number of carbonyl (C=O) groups is 1. The number of amides is 1. The Morgan fingerprint density at radius 2 is 1.96 bits per heavy atom. The van der Waals surface area contributed by atoms with Gasteiger partial charge in [-0.05, 0) is 35.9 Å². The molecule has 3 rings (SSSR count). The van der Waals surface area contributed by atoms with E-state index in [1.807, 2.05) is 18.2 Å². The first kappa shape index (κ1) is 16.5. The molecule has 0 saturated carbocycles. The maximum Gasteiger partial charge on any atom is 0.271 e. The molecular weight excluding hydrogens is 396 g/mol. The standard InChI is InChI=1S/C16H12BrClN4O2/c17-10-3-6-13(24-8-9-1-4-11(18)5-2-9)12(7-10)14-15(16(19)23)21-22-20-14/h1-7H,8H2,(H2,19,23)(H,20,21,22). The molecule has 1 amide bonds. The SMILES string of the molecule is NC(=O)c1n[nH]nc1-c1cc(Br)ccc1OCc1ccc(Cl)cc1. The van der Waals surface area contributed by atoms with Crippen molar-refractivity contribution < 1.29 is 9.53 Å². The Morgan fingerprint density at radius 3 is 2.67 bits per heavy atom. The number of rotatable bonds is 5. The molecule has 0 atom stereocenters. The van der Waals surface area contributed by atoms with E-state index in [2.05, 4.69) is 31.3 Å². The number of carbonyl (C=O) groups excluding carboxylic acids is 1. The summed E-state index contributed by atoms with van der Waals surface area (Å²) in [4.78, 5) is 11.5. The van der Waals surface area contributed by atoms with Crippen LogP contribution in [0.5, 0.6) is 5.75 Å². The highest BCUT2D eigenvalue weighted by atomic mass is 79.9. The van der Waals surface area contributed by atoms with E-state index in [1.54, 1.807) is 24.3 Å². The quantitative estimate of drug-likeness (QED) is 0.676. The van der Waals surface area contributed by atoms with Crippen molar-refractivity contribution in [1.29, 1.82) is 0 Å². The van der Waals surface area contributed by atoms with Crippen LogP contribution in [0, 0.1) is 0 Å². The minimum atomic E-state index is -0.664. The Morgan fingerprint density at radius 1 is 1.21 bits per heavy atom. The average Bonchev–Trinajstić information content (AvgIpc) is 3.05. The number of hydrogen-bond acceptors (Lipinski definition) is 4. The Balaban J connectivity index is 1.92. The van der Waals surface area contributed by atoms with Crippen LogP contribution in [0.25, 0.3) is 11.3 Å². The molecule has 0 saturated heterocycles. The minimum Gasteiger partial charge on any atom is -0.488 e. The molecule has 2 aromatic carbocycles. The molecule has 0 unspecified atom stereocenters. The van der Waals surface area contributed by atoms with E-state index in [0.29, 0.717) is 28.6 Å². The number of nitrogens with zero attached hydrogens (tertiary/aromatic N) is 2. The zero-order valence-electron chi connectivity index (χ0n) is 12.3. The summed E-state index contributed by atoms with van der Waals surface area (Å²) in [7, 11) is 0. The lowest BCUT2D eigenvalue weighted by Crippen LogP contribution is -2.13. The van der Waals surface area contributed by atoms with Crippen LogP contribution in [0.3, 0.4) is 0 Å². The summed E-state index contributed by atoms with van der Waals surface area (Å²) in [5.74, 6) is -0.105. The minimum absolute atomic E-state index is 0.0597. The lowest BCUT2D eigenvalue weighted by molar-refractivity contribution is 0.0996. The molecule has 0 spiro atoms. The summed E-state index contributed by atoms with van der Waals surface area (Å²) < 4.78 is 6.69. The fourth-order valence-corrected chi connectivity index (χ4v) is 2.63. The first-order valence-corrected chi connectivity index (χ1v) is 8.09. The molecule has 0 bridgehead atoms. The van der Waals surface area contributed by atoms with Crippen LogP contribution in [0.1, 0.15) is 16.1 Å². The summed E-state index contributed by atoms with van der Waals surface area (Å²) in [5.41, 5.74) is 7.31. The second kappa shape index (κ2) is 7.02. The lowest BCUT2D eigenvalue weighted by atomic mass is 10.1. The first-order valence-electron chi connectivity index (χ1n) is 6.92. The van der Waals surface area contributed by atoms with Gasteiger partial charge in [-0.25, -0.2) is 0 Å². The van der Waals surface area contributed by atoms with Gasteiger partial charge in [-0.2, -0.15) is 15.4 Å². The van der Waals surface area contributed by atoms with Gasteiger partial charge in [0.1, 0.15) is 18.1 Å². The largest absolute Gasteiger partial charge is 0.488 e. The van der Waals surface area contributed by atoms with Crippen molar-refractivity contribution in [3.8, 4) is 17.0 Å². The van der Waals surface area contributed by atoms with Crippen LogP contribution in [0.2, 0.25) is 5.02 Å². The van der Waals surface area contributed by atoms with E-state index in [1.165, 1.54) is 0 Å². The number of hydrogen-bond donors (Lipinski definition) is 2. The zero-order valence-corrected chi connectivity index (χ0v) is 14.6. The lowest BCUT2D eigenvalue weighted by Gasteiger charge is -2.11. The molecule has 0 radical (unpaired) electrons. The topological polar surface area (TPSA) is 93.9 Å². The molecule has 1 aromatic heterocycles. The van der Waals surface area contributed by atoms with Crippen molar-refractivity contribution in [3.63, 3.8) is 0 Å². The second-order valence-corrected chi connectivity index (χ2v) is 6.29. The highest BCUT2D eigenvalue weighted by Crippen LogP contribution is 2.33. The third kappa shape index (κ3) is 3.58. The average molecular weight is 408 g/mol. The van der Waals surface area contributed by atoms with Crippen molar-refractivity contribution in [2.24, 2.45) is 5.73 Å². The summed E-state index contributed by atoms with van der Waals surface area (Å²) in [5, 5.41) is 10.9. The number of H-pyrrole nitrogens is 1. The van der Waals surface area contributed by atoms with Crippen molar-refractivity contribution in [1.82, 2.24) is 15.4 Å². The maximum atomic E-state index is 11.5. The first-order chi connectivity index (χ1) is 11.5. The molecule has 8 heteroatoms. The second-order valence-electron chi connectivity index (χ2n) is 4.94. The summed E-state index contributed by atoms with van der Waals surface area (Å²) >= 11 is 9.28. The monoisotopic (exact) mass is 406 g/mol. The Hall–Kier alpha value is -2.38. The van der Waals surface area contributed by atoms with E-state index in [4.69, 9.17) is 22.1 Å². The smallest absolute Gasteiger partial charge is 0.271 e. The van der Waals surface area contributed by atoms with Gasteiger partial charge in [0.25, 0.3) is 5.91 Å². The molecule has 0 fully saturated rings. The van der Waals surface area contributed by atoms with Gasteiger partial charge in [-0.3, -0.25) is 4.79 Å². The maximum absolute atomic E-state index is 11.5. The highest BCUT2D eigenvalue weighted by molar-refractivity contribution is 9.10. The van der Waals surface area contributed by atoms with Gasteiger partial charge < -0.3 is 10.5 Å². The van der Waals surface area contributed by atoms with Crippen LogP contribution in [-0.4, -0.2) is 21.3 Å². The number of benzene rings is 2. The van der Waals surface area contributed by atoms with Crippen LogP contribution in [-0.2, 0) is 6.61 Å². The number of halogens is 2. The molecule has 1 heterocycles. The van der Waals surface area contributed by atoms with Crippen LogP contribution >= 0.6 is 27.5 Å². The van der Waals surface area contributed by atoms with Gasteiger partial charge in [-0.1, -0.05) is 39.7 Å². The zero-order chi connectivity index (χ0) is 17.1. The van der Waals surface area contributed by atoms with E-state index >= 15 is 0 Å². The van der Waals surface area contributed by atoms with Crippen molar-refractivity contribution in [3.05, 3.63) is 63.2 Å². The molecular formula is C16H12BrClN4O2. The summed E-state index contributed by atoms with van der Waals surface area (Å²) in [6.45, 7) is 0.343. The molecule has 3 N–H and O–H groups in total. The fraction of sp³-hybridized carbons (Fsp3) is 0.0625.